The van der Waals surface area contributed by atoms with E-state index in [-0.39, 0.29) is 5.41 Å². The standard InChI is InChI=1S/C27H33N3S/c1-20(2)14-27(15-23-7-3-4-8-24(23)16-27)19-29-17-26-30-25(18-31-26)22-11-9-21(10-12-22)6-5-13-28/h3-4,7-12,18,29H,1,5-6,13-17,19,28H2,2H3. The molecule has 0 fully saturated rings. The van der Waals surface area contributed by atoms with Crippen molar-refractivity contribution in [1.29, 1.82) is 0 Å². The molecule has 0 saturated carbocycles. The molecule has 4 rings (SSSR count). The van der Waals surface area contributed by atoms with Crippen LogP contribution in [0.3, 0.4) is 0 Å². The van der Waals surface area contributed by atoms with Crippen molar-refractivity contribution in [2.24, 2.45) is 11.1 Å². The van der Waals surface area contributed by atoms with Crippen molar-refractivity contribution in [3.63, 3.8) is 0 Å². The summed E-state index contributed by atoms with van der Waals surface area (Å²) in [5, 5.41) is 7.03. The Balaban J connectivity index is 1.36. The molecule has 0 spiro atoms. The third-order valence-electron chi connectivity index (χ3n) is 6.17. The number of nitrogens with zero attached hydrogens (tertiary/aromatic N) is 1. The number of benzene rings is 2. The van der Waals surface area contributed by atoms with Crippen molar-refractivity contribution < 1.29 is 0 Å². The summed E-state index contributed by atoms with van der Waals surface area (Å²) in [7, 11) is 0. The Morgan fingerprint density at radius 3 is 2.48 bits per heavy atom. The zero-order valence-corrected chi connectivity index (χ0v) is 19.3. The van der Waals surface area contributed by atoms with E-state index >= 15 is 0 Å². The zero-order valence-electron chi connectivity index (χ0n) is 18.5. The third-order valence-corrected chi connectivity index (χ3v) is 7.02. The van der Waals surface area contributed by atoms with E-state index in [1.165, 1.54) is 27.8 Å². The lowest BCUT2D eigenvalue weighted by Crippen LogP contribution is -2.35. The molecule has 0 amide bonds. The van der Waals surface area contributed by atoms with Crippen molar-refractivity contribution in [3.8, 4) is 11.3 Å². The first kappa shape index (κ1) is 21.9. The van der Waals surface area contributed by atoms with E-state index in [0.29, 0.717) is 0 Å². The number of allylic oxidation sites excluding steroid dienone is 1. The molecular formula is C27H33N3S. The quantitative estimate of drug-likeness (QED) is 0.414. The second-order valence-corrected chi connectivity index (χ2v) is 10.0. The van der Waals surface area contributed by atoms with Crippen LogP contribution in [0.5, 0.6) is 0 Å². The molecule has 0 atom stereocenters. The zero-order chi connectivity index (χ0) is 21.7. The van der Waals surface area contributed by atoms with Gasteiger partial charge >= 0.3 is 0 Å². The minimum atomic E-state index is 0.231. The molecule has 1 heterocycles. The number of rotatable bonds is 10. The van der Waals surface area contributed by atoms with Gasteiger partial charge in [0.2, 0.25) is 0 Å². The Bertz CT molecular complexity index is 994. The van der Waals surface area contributed by atoms with Crippen molar-refractivity contribution in [1.82, 2.24) is 10.3 Å². The lowest BCUT2D eigenvalue weighted by atomic mass is 9.79. The Hall–Kier alpha value is -2.27. The van der Waals surface area contributed by atoms with Gasteiger partial charge in [-0.1, -0.05) is 54.1 Å². The predicted molar refractivity (Wildman–Crippen MR) is 132 cm³/mol. The van der Waals surface area contributed by atoms with Gasteiger partial charge in [-0.3, -0.25) is 0 Å². The van der Waals surface area contributed by atoms with Gasteiger partial charge in [-0.2, -0.15) is 0 Å². The van der Waals surface area contributed by atoms with E-state index in [1.54, 1.807) is 11.3 Å². The predicted octanol–water partition coefficient (Wildman–Crippen LogP) is 5.54. The summed E-state index contributed by atoms with van der Waals surface area (Å²) in [6.45, 7) is 8.90. The highest BCUT2D eigenvalue weighted by Crippen LogP contribution is 2.41. The molecule has 0 bridgehead atoms. The summed E-state index contributed by atoms with van der Waals surface area (Å²) in [4.78, 5) is 4.88. The number of thiazole rings is 1. The molecule has 4 heteroatoms. The van der Waals surface area contributed by atoms with Crippen LogP contribution in [0.15, 0.2) is 66.1 Å². The maximum absolute atomic E-state index is 5.61. The van der Waals surface area contributed by atoms with Crippen LogP contribution >= 0.6 is 11.3 Å². The van der Waals surface area contributed by atoms with E-state index in [1.807, 2.05) is 0 Å². The fourth-order valence-electron chi connectivity index (χ4n) is 4.83. The molecule has 1 aliphatic rings. The van der Waals surface area contributed by atoms with Crippen LogP contribution in [-0.2, 0) is 25.8 Å². The molecule has 0 saturated heterocycles. The number of aromatic nitrogens is 1. The van der Waals surface area contributed by atoms with Crippen LogP contribution in [-0.4, -0.2) is 18.1 Å². The Morgan fingerprint density at radius 1 is 1.13 bits per heavy atom. The fraction of sp³-hybridized carbons (Fsp3) is 0.370. The van der Waals surface area contributed by atoms with Gasteiger partial charge < -0.3 is 11.1 Å². The van der Waals surface area contributed by atoms with Crippen molar-refractivity contribution in [3.05, 3.63) is 87.8 Å². The highest BCUT2D eigenvalue weighted by atomic mass is 32.1. The first-order valence-corrected chi connectivity index (χ1v) is 12.1. The van der Waals surface area contributed by atoms with Crippen LogP contribution in [0.2, 0.25) is 0 Å². The minimum Gasteiger partial charge on any atom is -0.330 e. The molecule has 0 radical (unpaired) electrons. The van der Waals surface area contributed by atoms with Gasteiger partial charge in [-0.15, -0.1) is 17.9 Å². The first-order valence-electron chi connectivity index (χ1n) is 11.2. The highest BCUT2D eigenvalue weighted by molar-refractivity contribution is 7.09. The van der Waals surface area contributed by atoms with E-state index in [4.69, 9.17) is 10.7 Å². The molecule has 1 aliphatic carbocycles. The molecule has 1 aromatic heterocycles. The average Bonchev–Trinajstić information content (AvgIpc) is 3.36. The van der Waals surface area contributed by atoms with Crippen molar-refractivity contribution in [2.45, 2.75) is 45.6 Å². The largest absolute Gasteiger partial charge is 0.330 e. The van der Waals surface area contributed by atoms with Gasteiger partial charge in [-0.05, 0) is 67.7 Å². The summed E-state index contributed by atoms with van der Waals surface area (Å²) in [6.07, 6.45) is 5.39. The summed E-state index contributed by atoms with van der Waals surface area (Å²) in [5.41, 5.74) is 13.7. The van der Waals surface area contributed by atoms with Gasteiger partial charge in [0, 0.05) is 24.0 Å². The normalized spacial score (nSPS) is 14.5. The summed E-state index contributed by atoms with van der Waals surface area (Å²) in [6, 6.07) is 17.6. The van der Waals surface area contributed by atoms with Gasteiger partial charge in [-0.25, -0.2) is 4.98 Å². The van der Waals surface area contributed by atoms with Crippen LogP contribution < -0.4 is 11.1 Å². The molecule has 3 nitrogen and oxygen atoms in total. The Labute approximate surface area is 190 Å². The maximum atomic E-state index is 5.61. The number of hydrogen-bond acceptors (Lipinski definition) is 4. The number of nitrogens with two attached hydrogens (primary N) is 1. The number of nitrogens with one attached hydrogen (secondary N) is 1. The molecular weight excluding hydrogens is 398 g/mol. The van der Waals surface area contributed by atoms with Gasteiger partial charge in [0.15, 0.2) is 0 Å². The van der Waals surface area contributed by atoms with E-state index in [9.17, 15) is 0 Å². The van der Waals surface area contributed by atoms with E-state index < -0.39 is 0 Å². The maximum Gasteiger partial charge on any atom is 0.107 e. The van der Waals surface area contributed by atoms with Crippen LogP contribution in [0, 0.1) is 5.41 Å². The van der Waals surface area contributed by atoms with Gasteiger partial charge in [0.1, 0.15) is 5.01 Å². The van der Waals surface area contributed by atoms with E-state index in [2.05, 4.69) is 72.7 Å². The summed E-state index contributed by atoms with van der Waals surface area (Å²) in [5.74, 6) is 0. The van der Waals surface area contributed by atoms with Gasteiger partial charge in [0.25, 0.3) is 0 Å². The monoisotopic (exact) mass is 431 g/mol. The van der Waals surface area contributed by atoms with Crippen LogP contribution in [0.25, 0.3) is 11.3 Å². The number of aryl methyl sites for hydroxylation is 1. The summed E-state index contributed by atoms with van der Waals surface area (Å²) >= 11 is 1.74. The van der Waals surface area contributed by atoms with Gasteiger partial charge in [0.05, 0.1) is 5.69 Å². The molecule has 2 aromatic carbocycles. The van der Waals surface area contributed by atoms with Crippen LogP contribution in [0.1, 0.15) is 41.5 Å². The second-order valence-electron chi connectivity index (χ2n) is 9.08. The molecule has 162 valence electrons. The van der Waals surface area contributed by atoms with Crippen molar-refractivity contribution >= 4 is 11.3 Å². The smallest absolute Gasteiger partial charge is 0.107 e. The minimum absolute atomic E-state index is 0.231. The molecule has 3 N–H and O–H groups in total. The lowest BCUT2D eigenvalue weighted by molar-refractivity contribution is 0.284. The highest BCUT2D eigenvalue weighted by Gasteiger charge is 2.36. The fourth-order valence-corrected chi connectivity index (χ4v) is 5.61. The summed E-state index contributed by atoms with van der Waals surface area (Å²) < 4.78 is 0. The first-order chi connectivity index (χ1) is 15.1. The average molecular weight is 432 g/mol. The van der Waals surface area contributed by atoms with Crippen LogP contribution in [0.4, 0.5) is 0 Å². The van der Waals surface area contributed by atoms with E-state index in [0.717, 1.165) is 62.4 Å². The molecule has 31 heavy (non-hydrogen) atoms. The Morgan fingerprint density at radius 2 is 1.84 bits per heavy atom. The number of hydrogen-bond donors (Lipinski definition) is 2. The lowest BCUT2D eigenvalue weighted by Gasteiger charge is -2.29. The SMILES string of the molecule is C=C(C)CC1(CNCc2nc(-c3ccc(CCCN)cc3)cs2)Cc2ccccc2C1. The second kappa shape index (κ2) is 9.90. The molecule has 3 aromatic rings. The third kappa shape index (κ3) is 5.51. The van der Waals surface area contributed by atoms with Crippen molar-refractivity contribution in [2.75, 3.05) is 13.1 Å². The number of fused-ring (bicyclic) bond motifs is 1. The Kier molecular flexibility index (Phi) is 7.01. The molecule has 0 aliphatic heterocycles. The molecule has 0 unspecified atom stereocenters. The topological polar surface area (TPSA) is 50.9 Å².